The molecule has 0 spiro atoms. The number of H-pyrrole nitrogens is 1. The number of nitrogens with zero attached hydrogens (tertiary/aromatic N) is 1. The third-order valence-electron chi connectivity index (χ3n) is 2.55. The minimum Gasteiger partial charge on any atom is -0.335 e. The van der Waals surface area contributed by atoms with Gasteiger partial charge in [0, 0.05) is 6.20 Å². The van der Waals surface area contributed by atoms with Crippen molar-refractivity contribution in [3.63, 3.8) is 0 Å². The fourth-order valence-electron chi connectivity index (χ4n) is 1.60. The van der Waals surface area contributed by atoms with Gasteiger partial charge >= 0.3 is 6.18 Å². The lowest BCUT2D eigenvalue weighted by molar-refractivity contribution is -0.155. The van der Waals surface area contributed by atoms with E-state index in [2.05, 4.69) is 10.2 Å². The summed E-state index contributed by atoms with van der Waals surface area (Å²) < 4.78 is 51.7. The number of carbonyl (C=O) groups excluding carboxylic acids is 1. The number of amides is 1. The van der Waals surface area contributed by atoms with Crippen LogP contribution in [0.4, 0.5) is 17.6 Å². The molecule has 106 valence electrons. The van der Waals surface area contributed by atoms with E-state index < -0.39 is 23.9 Å². The molecule has 0 saturated heterocycles. The molecule has 1 unspecified atom stereocenters. The third kappa shape index (κ3) is 3.14. The highest BCUT2D eigenvalue weighted by Crippen LogP contribution is 2.32. The molecule has 0 radical (unpaired) electrons. The minimum absolute atomic E-state index is 0.0960. The van der Waals surface area contributed by atoms with Crippen LogP contribution in [0.2, 0.25) is 0 Å². The van der Waals surface area contributed by atoms with Crippen molar-refractivity contribution in [2.45, 2.75) is 12.2 Å². The molecule has 0 bridgehead atoms. The lowest BCUT2D eigenvalue weighted by atomic mass is 10.1. The number of aromatic nitrogens is 2. The van der Waals surface area contributed by atoms with Crippen molar-refractivity contribution < 1.29 is 22.4 Å². The molecule has 0 aliphatic heterocycles. The second kappa shape index (κ2) is 5.32. The van der Waals surface area contributed by atoms with Crippen LogP contribution in [-0.4, -0.2) is 22.3 Å². The highest BCUT2D eigenvalue weighted by atomic mass is 19.4. The normalized spacial score (nSPS) is 13.0. The Bertz CT molecular complexity index is 578. The van der Waals surface area contributed by atoms with Crippen LogP contribution in [0.5, 0.6) is 0 Å². The first kappa shape index (κ1) is 14.0. The Morgan fingerprint density at radius 1 is 1.20 bits per heavy atom. The maximum atomic E-state index is 13.0. The van der Waals surface area contributed by atoms with E-state index in [0.29, 0.717) is 0 Å². The maximum Gasteiger partial charge on any atom is 0.412 e. The lowest BCUT2D eigenvalue weighted by Gasteiger charge is -2.21. The quantitative estimate of drug-likeness (QED) is 0.852. The molecule has 0 saturated carbocycles. The fraction of sp³-hybridized carbons (Fsp3) is 0.167. The number of benzene rings is 1. The predicted octanol–water partition coefficient (Wildman–Crippen LogP) is 2.58. The molecule has 1 aromatic heterocycles. The molecule has 4 nitrogen and oxygen atoms in total. The maximum absolute atomic E-state index is 13.0. The van der Waals surface area contributed by atoms with E-state index in [1.54, 1.807) is 0 Å². The van der Waals surface area contributed by atoms with Crippen molar-refractivity contribution in [1.82, 2.24) is 15.5 Å². The molecule has 20 heavy (non-hydrogen) atoms. The average molecular weight is 287 g/mol. The SMILES string of the molecule is O=C(NC(c1ccc(F)cc1)C(F)(F)F)c1ccn[nH]1. The van der Waals surface area contributed by atoms with Gasteiger partial charge in [0.1, 0.15) is 11.5 Å². The molecule has 2 N–H and O–H groups in total. The van der Waals surface area contributed by atoms with Gasteiger partial charge in [-0.05, 0) is 23.8 Å². The first-order valence-corrected chi connectivity index (χ1v) is 5.50. The zero-order valence-electron chi connectivity index (χ0n) is 9.91. The third-order valence-corrected chi connectivity index (χ3v) is 2.55. The number of rotatable bonds is 3. The Labute approximate surface area is 110 Å². The summed E-state index contributed by atoms with van der Waals surface area (Å²) in [5, 5.41) is 7.58. The minimum atomic E-state index is -4.70. The van der Waals surface area contributed by atoms with Gasteiger partial charge in [0.15, 0.2) is 6.04 Å². The summed E-state index contributed by atoms with van der Waals surface area (Å²) in [7, 11) is 0. The van der Waals surface area contributed by atoms with Gasteiger partial charge in [0.25, 0.3) is 5.91 Å². The van der Waals surface area contributed by atoms with Crippen LogP contribution in [0.15, 0.2) is 36.5 Å². The average Bonchev–Trinajstić information content (AvgIpc) is 2.89. The van der Waals surface area contributed by atoms with Crippen LogP contribution in [0.1, 0.15) is 22.1 Å². The molecule has 1 heterocycles. The van der Waals surface area contributed by atoms with Crippen molar-refractivity contribution in [3.05, 3.63) is 53.6 Å². The molecule has 0 aliphatic rings. The van der Waals surface area contributed by atoms with Crippen molar-refractivity contribution in [2.75, 3.05) is 0 Å². The highest BCUT2D eigenvalue weighted by molar-refractivity contribution is 5.92. The molecule has 1 atom stereocenters. The number of halogens is 4. The van der Waals surface area contributed by atoms with Crippen LogP contribution >= 0.6 is 0 Å². The van der Waals surface area contributed by atoms with Gasteiger partial charge in [0.05, 0.1) is 0 Å². The molecule has 0 fully saturated rings. The summed E-state index contributed by atoms with van der Waals surface area (Å²) in [5.74, 6) is -1.61. The Morgan fingerprint density at radius 2 is 1.85 bits per heavy atom. The van der Waals surface area contributed by atoms with Crippen molar-refractivity contribution in [1.29, 1.82) is 0 Å². The van der Waals surface area contributed by atoms with Crippen LogP contribution in [-0.2, 0) is 0 Å². The zero-order valence-corrected chi connectivity index (χ0v) is 9.91. The topological polar surface area (TPSA) is 57.8 Å². The summed E-state index contributed by atoms with van der Waals surface area (Å²) in [5.41, 5.74) is -0.354. The van der Waals surface area contributed by atoms with Gasteiger partial charge in [0.2, 0.25) is 0 Å². The summed E-state index contributed by atoms with van der Waals surface area (Å²) in [6.45, 7) is 0. The predicted molar refractivity (Wildman–Crippen MR) is 61.2 cm³/mol. The largest absolute Gasteiger partial charge is 0.412 e. The summed E-state index contributed by atoms with van der Waals surface area (Å²) in [6, 6.07) is 2.76. The summed E-state index contributed by atoms with van der Waals surface area (Å²) >= 11 is 0. The Kier molecular flexibility index (Phi) is 3.73. The van der Waals surface area contributed by atoms with Gasteiger partial charge < -0.3 is 5.32 Å². The zero-order chi connectivity index (χ0) is 14.8. The summed E-state index contributed by atoms with van der Waals surface area (Å²) in [4.78, 5) is 11.6. The number of hydrogen-bond acceptors (Lipinski definition) is 2. The Morgan fingerprint density at radius 3 is 2.35 bits per heavy atom. The Balaban J connectivity index is 2.25. The van der Waals surface area contributed by atoms with Gasteiger partial charge in [-0.1, -0.05) is 12.1 Å². The van der Waals surface area contributed by atoms with E-state index in [-0.39, 0.29) is 11.3 Å². The molecular formula is C12H9F4N3O. The summed E-state index contributed by atoms with van der Waals surface area (Å²) in [6.07, 6.45) is -3.46. The number of aromatic amines is 1. The van der Waals surface area contributed by atoms with Gasteiger partial charge in [-0.3, -0.25) is 9.89 Å². The Hall–Kier alpha value is -2.38. The molecule has 0 aliphatic carbocycles. The van der Waals surface area contributed by atoms with Crippen molar-refractivity contribution in [2.24, 2.45) is 0 Å². The number of nitrogens with one attached hydrogen (secondary N) is 2. The molecule has 2 rings (SSSR count). The van der Waals surface area contributed by atoms with E-state index in [0.717, 1.165) is 24.3 Å². The second-order valence-corrected chi connectivity index (χ2v) is 3.97. The van der Waals surface area contributed by atoms with E-state index in [1.807, 2.05) is 5.32 Å². The number of alkyl halides is 3. The number of carbonyl (C=O) groups is 1. The van der Waals surface area contributed by atoms with Crippen molar-refractivity contribution in [3.8, 4) is 0 Å². The van der Waals surface area contributed by atoms with E-state index in [1.165, 1.54) is 12.3 Å². The molecular weight excluding hydrogens is 278 g/mol. The standard InChI is InChI=1S/C12H9F4N3O/c13-8-3-1-7(2-4-8)10(12(14,15)16)18-11(20)9-5-6-17-19-9/h1-6,10H,(H,17,19)(H,18,20). The van der Waals surface area contributed by atoms with Crippen LogP contribution in [0.3, 0.4) is 0 Å². The molecule has 2 aromatic rings. The highest BCUT2D eigenvalue weighted by Gasteiger charge is 2.42. The van der Waals surface area contributed by atoms with Gasteiger partial charge in [-0.25, -0.2) is 4.39 Å². The fourth-order valence-corrected chi connectivity index (χ4v) is 1.60. The van der Waals surface area contributed by atoms with Crippen LogP contribution in [0.25, 0.3) is 0 Å². The second-order valence-electron chi connectivity index (χ2n) is 3.97. The first-order valence-electron chi connectivity index (χ1n) is 5.50. The first-order chi connectivity index (χ1) is 9.38. The van der Waals surface area contributed by atoms with Gasteiger partial charge in [-0.15, -0.1) is 0 Å². The lowest BCUT2D eigenvalue weighted by Crippen LogP contribution is -2.38. The van der Waals surface area contributed by atoms with Crippen LogP contribution < -0.4 is 5.32 Å². The smallest absolute Gasteiger partial charge is 0.335 e. The monoisotopic (exact) mass is 287 g/mol. The number of hydrogen-bond donors (Lipinski definition) is 2. The van der Waals surface area contributed by atoms with E-state index in [9.17, 15) is 22.4 Å². The van der Waals surface area contributed by atoms with E-state index in [4.69, 9.17) is 0 Å². The van der Waals surface area contributed by atoms with Crippen LogP contribution in [0, 0.1) is 5.82 Å². The van der Waals surface area contributed by atoms with Crippen molar-refractivity contribution >= 4 is 5.91 Å². The van der Waals surface area contributed by atoms with Gasteiger partial charge in [-0.2, -0.15) is 18.3 Å². The van der Waals surface area contributed by atoms with E-state index >= 15 is 0 Å². The molecule has 1 amide bonds. The molecule has 1 aromatic carbocycles. The molecule has 8 heteroatoms.